The van der Waals surface area contributed by atoms with Gasteiger partial charge < -0.3 is 5.11 Å². The van der Waals surface area contributed by atoms with Crippen LogP contribution in [0, 0.1) is 0 Å². The van der Waals surface area contributed by atoms with E-state index >= 15 is 0 Å². The molecule has 0 aliphatic carbocycles. The smallest absolute Gasteiger partial charge is 0.106 e. The molecule has 1 unspecified atom stereocenters. The van der Waals surface area contributed by atoms with Crippen molar-refractivity contribution in [2.24, 2.45) is 0 Å². The van der Waals surface area contributed by atoms with Gasteiger partial charge >= 0.3 is 0 Å². The SMILES string of the molecule is CC/C=C/C(O)c1cccs1. The van der Waals surface area contributed by atoms with E-state index in [2.05, 4.69) is 6.92 Å². The van der Waals surface area contributed by atoms with Crippen LogP contribution < -0.4 is 0 Å². The van der Waals surface area contributed by atoms with Crippen LogP contribution in [0.5, 0.6) is 0 Å². The monoisotopic (exact) mass is 168 g/mol. The minimum atomic E-state index is -0.407. The molecule has 1 rings (SSSR count). The van der Waals surface area contributed by atoms with Crippen molar-refractivity contribution in [1.29, 1.82) is 0 Å². The standard InChI is InChI=1S/C9H12OS/c1-2-3-5-8(10)9-6-4-7-11-9/h3-8,10H,2H2,1H3/b5-3+. The van der Waals surface area contributed by atoms with Crippen molar-refractivity contribution in [1.82, 2.24) is 0 Å². The molecule has 2 heteroatoms. The largest absolute Gasteiger partial charge is 0.383 e. The summed E-state index contributed by atoms with van der Waals surface area (Å²) in [6, 6.07) is 3.89. The quantitative estimate of drug-likeness (QED) is 0.688. The maximum atomic E-state index is 9.46. The molecule has 0 aliphatic rings. The van der Waals surface area contributed by atoms with Crippen LogP contribution >= 0.6 is 11.3 Å². The Balaban J connectivity index is 2.56. The lowest BCUT2D eigenvalue weighted by molar-refractivity contribution is 0.232. The second kappa shape index (κ2) is 4.31. The zero-order valence-corrected chi connectivity index (χ0v) is 7.34. The van der Waals surface area contributed by atoms with Crippen molar-refractivity contribution in [2.75, 3.05) is 0 Å². The average Bonchev–Trinajstić information content (AvgIpc) is 2.52. The van der Waals surface area contributed by atoms with Crippen molar-refractivity contribution < 1.29 is 5.11 Å². The molecule has 0 bridgehead atoms. The predicted octanol–water partition coefficient (Wildman–Crippen LogP) is 2.75. The van der Waals surface area contributed by atoms with Crippen molar-refractivity contribution in [3.8, 4) is 0 Å². The highest BCUT2D eigenvalue weighted by molar-refractivity contribution is 7.10. The van der Waals surface area contributed by atoms with Crippen molar-refractivity contribution in [3.63, 3.8) is 0 Å². The molecule has 1 nitrogen and oxygen atoms in total. The topological polar surface area (TPSA) is 20.2 Å². The average molecular weight is 168 g/mol. The summed E-state index contributed by atoms with van der Waals surface area (Å²) in [4.78, 5) is 1.01. The fraction of sp³-hybridized carbons (Fsp3) is 0.333. The van der Waals surface area contributed by atoms with Gasteiger partial charge in [-0.15, -0.1) is 11.3 Å². The van der Waals surface area contributed by atoms with Gasteiger partial charge in [-0.1, -0.05) is 25.1 Å². The summed E-state index contributed by atoms with van der Waals surface area (Å²) in [5.74, 6) is 0. The molecule has 11 heavy (non-hydrogen) atoms. The van der Waals surface area contributed by atoms with E-state index in [-0.39, 0.29) is 0 Å². The van der Waals surface area contributed by atoms with Gasteiger partial charge in [0.15, 0.2) is 0 Å². The third-order valence-electron chi connectivity index (χ3n) is 1.39. The van der Waals surface area contributed by atoms with Crippen LogP contribution in [-0.4, -0.2) is 5.11 Å². The lowest BCUT2D eigenvalue weighted by Gasteiger charge is -1.99. The predicted molar refractivity (Wildman–Crippen MR) is 48.7 cm³/mol. The molecular formula is C9H12OS. The Morgan fingerprint density at radius 3 is 3.09 bits per heavy atom. The Bertz CT molecular complexity index is 213. The first kappa shape index (κ1) is 8.50. The van der Waals surface area contributed by atoms with Crippen LogP contribution in [0.15, 0.2) is 29.7 Å². The molecule has 0 aliphatic heterocycles. The zero-order valence-electron chi connectivity index (χ0n) is 6.53. The summed E-state index contributed by atoms with van der Waals surface area (Å²) in [6.45, 7) is 2.05. The van der Waals surface area contributed by atoms with Crippen LogP contribution in [0.2, 0.25) is 0 Å². The van der Waals surface area contributed by atoms with Gasteiger partial charge in [-0.25, -0.2) is 0 Å². The summed E-state index contributed by atoms with van der Waals surface area (Å²) in [5.41, 5.74) is 0. The van der Waals surface area contributed by atoms with Crippen LogP contribution in [0.1, 0.15) is 24.3 Å². The summed E-state index contributed by atoms with van der Waals surface area (Å²) in [7, 11) is 0. The molecule has 0 aromatic carbocycles. The van der Waals surface area contributed by atoms with Gasteiger partial charge in [0.25, 0.3) is 0 Å². The molecule has 1 aromatic rings. The highest BCUT2D eigenvalue weighted by atomic mass is 32.1. The number of hydrogen-bond acceptors (Lipinski definition) is 2. The molecule has 1 heterocycles. The minimum absolute atomic E-state index is 0.407. The minimum Gasteiger partial charge on any atom is -0.383 e. The maximum Gasteiger partial charge on any atom is 0.106 e. The highest BCUT2D eigenvalue weighted by Gasteiger charge is 2.01. The molecule has 1 aromatic heterocycles. The number of allylic oxidation sites excluding steroid dienone is 1. The molecule has 0 amide bonds. The van der Waals surface area contributed by atoms with E-state index in [9.17, 15) is 5.11 Å². The maximum absolute atomic E-state index is 9.46. The molecule has 0 saturated carbocycles. The number of hydrogen-bond donors (Lipinski definition) is 1. The summed E-state index contributed by atoms with van der Waals surface area (Å²) < 4.78 is 0. The lowest BCUT2D eigenvalue weighted by atomic mass is 10.2. The van der Waals surface area contributed by atoms with Gasteiger partial charge in [0, 0.05) is 4.88 Å². The Morgan fingerprint density at radius 1 is 1.73 bits per heavy atom. The van der Waals surface area contributed by atoms with Crippen molar-refractivity contribution >= 4 is 11.3 Å². The molecule has 0 saturated heterocycles. The van der Waals surface area contributed by atoms with Gasteiger partial charge in [-0.3, -0.25) is 0 Å². The molecule has 0 radical (unpaired) electrons. The lowest BCUT2D eigenvalue weighted by Crippen LogP contribution is -1.87. The number of rotatable bonds is 3. The van der Waals surface area contributed by atoms with Gasteiger partial charge in [-0.2, -0.15) is 0 Å². The highest BCUT2D eigenvalue weighted by Crippen LogP contribution is 2.19. The number of aliphatic hydroxyl groups is 1. The molecule has 1 atom stereocenters. The molecule has 60 valence electrons. The molecular weight excluding hydrogens is 156 g/mol. The first-order valence-electron chi connectivity index (χ1n) is 3.72. The van der Waals surface area contributed by atoms with Crippen LogP contribution in [-0.2, 0) is 0 Å². The van der Waals surface area contributed by atoms with E-state index in [4.69, 9.17) is 0 Å². The first-order chi connectivity index (χ1) is 5.34. The van der Waals surface area contributed by atoms with Gasteiger partial charge in [0.2, 0.25) is 0 Å². The van der Waals surface area contributed by atoms with Gasteiger partial charge in [0.05, 0.1) is 0 Å². The Labute approximate surface area is 71.0 Å². The van der Waals surface area contributed by atoms with E-state index in [1.807, 2.05) is 29.7 Å². The Morgan fingerprint density at radius 2 is 2.55 bits per heavy atom. The van der Waals surface area contributed by atoms with Gasteiger partial charge in [0.1, 0.15) is 6.10 Å². The third kappa shape index (κ3) is 2.48. The van der Waals surface area contributed by atoms with Crippen LogP contribution in [0.3, 0.4) is 0 Å². The fourth-order valence-electron chi connectivity index (χ4n) is 0.819. The summed E-state index contributed by atoms with van der Waals surface area (Å²) in [5, 5.41) is 11.4. The number of thiophene rings is 1. The van der Waals surface area contributed by atoms with Crippen molar-refractivity contribution in [2.45, 2.75) is 19.4 Å². The molecule has 0 fully saturated rings. The fourth-order valence-corrected chi connectivity index (χ4v) is 1.51. The third-order valence-corrected chi connectivity index (χ3v) is 2.33. The van der Waals surface area contributed by atoms with E-state index < -0.39 is 6.10 Å². The zero-order chi connectivity index (χ0) is 8.10. The second-order valence-corrected chi connectivity index (χ2v) is 3.28. The van der Waals surface area contributed by atoms with E-state index in [1.54, 1.807) is 11.3 Å². The van der Waals surface area contributed by atoms with Crippen LogP contribution in [0.25, 0.3) is 0 Å². The number of aliphatic hydroxyl groups excluding tert-OH is 1. The van der Waals surface area contributed by atoms with Gasteiger partial charge in [-0.05, 0) is 17.9 Å². The van der Waals surface area contributed by atoms with E-state index in [1.165, 1.54) is 0 Å². The molecule has 1 N–H and O–H groups in total. The van der Waals surface area contributed by atoms with Crippen LogP contribution in [0.4, 0.5) is 0 Å². The summed E-state index contributed by atoms with van der Waals surface area (Å²) >= 11 is 1.58. The van der Waals surface area contributed by atoms with E-state index in [0.29, 0.717) is 0 Å². The second-order valence-electron chi connectivity index (χ2n) is 2.30. The van der Waals surface area contributed by atoms with Crippen molar-refractivity contribution in [3.05, 3.63) is 34.5 Å². The summed E-state index contributed by atoms with van der Waals surface area (Å²) in [6.07, 6.45) is 4.37. The van der Waals surface area contributed by atoms with E-state index in [0.717, 1.165) is 11.3 Å². The normalized spacial score (nSPS) is 14.0. The Hall–Kier alpha value is -0.600. The molecule has 0 spiro atoms. The first-order valence-corrected chi connectivity index (χ1v) is 4.60. The Kier molecular flexibility index (Phi) is 3.33.